The number of rotatable bonds is 2. The molecule has 0 fully saturated rings. The zero-order valence-electron chi connectivity index (χ0n) is 7.65. The summed E-state index contributed by atoms with van der Waals surface area (Å²) in [7, 11) is 3.26. The molecule has 0 aliphatic heterocycles. The summed E-state index contributed by atoms with van der Waals surface area (Å²) < 4.78 is 1.42. The van der Waals surface area contributed by atoms with Crippen molar-refractivity contribution in [3.8, 4) is 0 Å². The standard InChI is InChI=1S/C7H8ClN5O/c1-9-5-4-6(12-7(8)11-5)13(14-2)3-10-4/h3H,1-2H3,(H,9,11,12). The minimum Gasteiger partial charge on any atom is -0.414 e. The first-order valence-electron chi connectivity index (χ1n) is 3.89. The molecule has 0 radical (unpaired) electrons. The van der Waals surface area contributed by atoms with Crippen molar-refractivity contribution >= 4 is 28.6 Å². The summed E-state index contributed by atoms with van der Waals surface area (Å²) in [6.07, 6.45) is 1.51. The van der Waals surface area contributed by atoms with Gasteiger partial charge in [0.05, 0.1) is 0 Å². The Morgan fingerprint density at radius 2 is 2.29 bits per heavy atom. The summed E-state index contributed by atoms with van der Waals surface area (Å²) in [5.41, 5.74) is 1.16. The molecule has 2 heterocycles. The fourth-order valence-corrected chi connectivity index (χ4v) is 1.33. The first-order chi connectivity index (χ1) is 6.76. The highest BCUT2D eigenvalue weighted by Crippen LogP contribution is 2.19. The quantitative estimate of drug-likeness (QED) is 0.740. The molecule has 74 valence electrons. The highest BCUT2D eigenvalue weighted by atomic mass is 35.5. The lowest BCUT2D eigenvalue weighted by atomic mass is 10.5. The van der Waals surface area contributed by atoms with Crippen molar-refractivity contribution in [1.82, 2.24) is 19.7 Å². The summed E-state index contributed by atoms with van der Waals surface area (Å²) >= 11 is 5.73. The van der Waals surface area contributed by atoms with E-state index in [0.717, 1.165) is 0 Å². The van der Waals surface area contributed by atoms with Crippen molar-refractivity contribution in [1.29, 1.82) is 0 Å². The van der Waals surface area contributed by atoms with Crippen LogP contribution in [0.1, 0.15) is 0 Å². The maximum absolute atomic E-state index is 5.73. The predicted molar refractivity (Wildman–Crippen MR) is 52.4 cm³/mol. The molecule has 0 saturated carbocycles. The highest BCUT2D eigenvalue weighted by Gasteiger charge is 2.11. The highest BCUT2D eigenvalue weighted by molar-refractivity contribution is 6.28. The van der Waals surface area contributed by atoms with Crippen molar-refractivity contribution in [3.05, 3.63) is 11.6 Å². The Bertz CT molecular complexity index is 468. The van der Waals surface area contributed by atoms with Crippen molar-refractivity contribution in [3.63, 3.8) is 0 Å². The van der Waals surface area contributed by atoms with Crippen LogP contribution in [0.3, 0.4) is 0 Å². The van der Waals surface area contributed by atoms with Crippen LogP contribution in [0.5, 0.6) is 0 Å². The van der Waals surface area contributed by atoms with Crippen molar-refractivity contribution in [2.75, 3.05) is 19.5 Å². The van der Waals surface area contributed by atoms with Crippen LogP contribution in [0.4, 0.5) is 5.82 Å². The maximum atomic E-state index is 5.73. The smallest absolute Gasteiger partial charge is 0.226 e. The molecule has 0 spiro atoms. The van der Waals surface area contributed by atoms with E-state index in [0.29, 0.717) is 17.0 Å². The van der Waals surface area contributed by atoms with Crippen LogP contribution in [0, 0.1) is 0 Å². The van der Waals surface area contributed by atoms with E-state index in [1.807, 2.05) is 0 Å². The van der Waals surface area contributed by atoms with Gasteiger partial charge < -0.3 is 10.2 Å². The number of nitrogens with one attached hydrogen (secondary N) is 1. The van der Waals surface area contributed by atoms with E-state index < -0.39 is 0 Å². The molecule has 2 aromatic heterocycles. The van der Waals surface area contributed by atoms with Crippen LogP contribution in [0.2, 0.25) is 5.28 Å². The van der Waals surface area contributed by atoms with Crippen LogP contribution in [-0.2, 0) is 0 Å². The van der Waals surface area contributed by atoms with Gasteiger partial charge in [0.2, 0.25) is 10.9 Å². The number of halogens is 1. The Hall–Kier alpha value is -1.56. The SMILES string of the molecule is CNc1nc(Cl)nc2c1ncn2OC. The molecule has 6 nitrogen and oxygen atoms in total. The molecule has 0 aromatic carbocycles. The minimum atomic E-state index is 0.153. The van der Waals surface area contributed by atoms with Crippen LogP contribution in [0.25, 0.3) is 11.2 Å². The molecular weight excluding hydrogens is 206 g/mol. The van der Waals surface area contributed by atoms with E-state index in [2.05, 4.69) is 20.3 Å². The van der Waals surface area contributed by atoms with Gasteiger partial charge in [-0.05, 0) is 11.6 Å². The van der Waals surface area contributed by atoms with Gasteiger partial charge in [0.25, 0.3) is 0 Å². The Labute approximate surface area is 84.8 Å². The van der Waals surface area contributed by atoms with Gasteiger partial charge in [0, 0.05) is 7.05 Å². The number of nitrogens with zero attached hydrogens (tertiary/aromatic N) is 4. The lowest BCUT2D eigenvalue weighted by Crippen LogP contribution is -2.05. The zero-order chi connectivity index (χ0) is 10.1. The molecule has 0 unspecified atom stereocenters. The van der Waals surface area contributed by atoms with Crippen LogP contribution >= 0.6 is 11.6 Å². The number of hydrogen-bond donors (Lipinski definition) is 1. The molecule has 2 aromatic rings. The van der Waals surface area contributed by atoms with Gasteiger partial charge in [-0.25, -0.2) is 4.98 Å². The Morgan fingerprint density at radius 1 is 1.50 bits per heavy atom. The summed E-state index contributed by atoms with van der Waals surface area (Å²) in [6, 6.07) is 0. The predicted octanol–water partition coefficient (Wildman–Crippen LogP) is 0.580. The fourth-order valence-electron chi connectivity index (χ4n) is 1.16. The molecular formula is C7H8ClN5O. The second-order valence-corrected chi connectivity index (χ2v) is 2.85. The van der Waals surface area contributed by atoms with Crippen LogP contribution in [0.15, 0.2) is 6.33 Å². The zero-order valence-corrected chi connectivity index (χ0v) is 8.41. The second-order valence-electron chi connectivity index (χ2n) is 2.52. The van der Waals surface area contributed by atoms with E-state index in [1.165, 1.54) is 18.2 Å². The number of imidazole rings is 1. The molecule has 7 heteroatoms. The molecule has 0 saturated heterocycles. The largest absolute Gasteiger partial charge is 0.414 e. The van der Waals surface area contributed by atoms with Gasteiger partial charge >= 0.3 is 0 Å². The number of hydrogen-bond acceptors (Lipinski definition) is 5. The Morgan fingerprint density at radius 3 is 2.93 bits per heavy atom. The molecule has 1 N–H and O–H groups in total. The third-order valence-corrected chi connectivity index (χ3v) is 1.94. The van der Waals surface area contributed by atoms with Gasteiger partial charge in [-0.15, -0.1) is 0 Å². The van der Waals surface area contributed by atoms with Gasteiger partial charge in [-0.2, -0.15) is 14.7 Å². The number of anilines is 1. The van der Waals surface area contributed by atoms with E-state index in [9.17, 15) is 0 Å². The van der Waals surface area contributed by atoms with Gasteiger partial charge in [0.15, 0.2) is 11.3 Å². The first kappa shape index (κ1) is 9.01. The number of fused-ring (bicyclic) bond motifs is 1. The fraction of sp³-hybridized carbons (Fsp3) is 0.286. The van der Waals surface area contributed by atoms with Crippen molar-refractivity contribution in [2.24, 2.45) is 0 Å². The summed E-state index contributed by atoms with van der Waals surface area (Å²) in [6.45, 7) is 0. The maximum Gasteiger partial charge on any atom is 0.226 e. The normalized spacial score (nSPS) is 10.5. The Kier molecular flexibility index (Phi) is 2.12. The molecule has 0 bridgehead atoms. The van der Waals surface area contributed by atoms with Crippen LogP contribution < -0.4 is 10.2 Å². The van der Waals surface area contributed by atoms with Gasteiger partial charge in [0.1, 0.15) is 13.4 Å². The molecule has 0 aliphatic rings. The van der Waals surface area contributed by atoms with E-state index in [4.69, 9.17) is 16.4 Å². The number of aromatic nitrogens is 4. The topological polar surface area (TPSA) is 64.9 Å². The average Bonchev–Trinajstić information content (AvgIpc) is 2.59. The van der Waals surface area contributed by atoms with Crippen molar-refractivity contribution in [2.45, 2.75) is 0 Å². The molecule has 2 rings (SSSR count). The molecule has 14 heavy (non-hydrogen) atoms. The van der Waals surface area contributed by atoms with Crippen molar-refractivity contribution < 1.29 is 4.84 Å². The third kappa shape index (κ3) is 1.24. The summed E-state index contributed by atoms with van der Waals surface area (Å²) in [5, 5.41) is 3.03. The third-order valence-electron chi connectivity index (χ3n) is 1.77. The van der Waals surface area contributed by atoms with E-state index in [-0.39, 0.29) is 5.28 Å². The second kappa shape index (κ2) is 3.30. The molecule has 0 aliphatic carbocycles. The first-order valence-corrected chi connectivity index (χ1v) is 4.27. The van der Waals surface area contributed by atoms with Crippen LogP contribution in [-0.4, -0.2) is 33.8 Å². The van der Waals surface area contributed by atoms with E-state index in [1.54, 1.807) is 7.05 Å². The van der Waals surface area contributed by atoms with E-state index >= 15 is 0 Å². The lowest BCUT2D eigenvalue weighted by molar-refractivity contribution is 0.176. The monoisotopic (exact) mass is 213 g/mol. The Balaban J connectivity index is 2.76. The average molecular weight is 214 g/mol. The lowest BCUT2D eigenvalue weighted by Gasteiger charge is -2.02. The van der Waals surface area contributed by atoms with Gasteiger partial charge in [-0.1, -0.05) is 0 Å². The van der Waals surface area contributed by atoms with Gasteiger partial charge in [-0.3, -0.25) is 0 Å². The molecule has 0 atom stereocenters. The molecule has 0 amide bonds. The minimum absolute atomic E-state index is 0.153. The summed E-state index contributed by atoms with van der Waals surface area (Å²) in [4.78, 5) is 17.1. The summed E-state index contributed by atoms with van der Waals surface area (Å²) in [5.74, 6) is 0.579.